The van der Waals surface area contributed by atoms with Crippen molar-refractivity contribution < 1.29 is 29.0 Å². The standard InChI is InChI=1S/C17H12O3S3.C4H7NO4/c1-19-14-5-3-2-4-13(14)17(18)20-12-8-6-11(7-9-12)15-10-16(21)23-22-15;6-3-1-2-4-9-5(7)8/h2-10H,1H3;3H,1-2,4H2. The lowest BCUT2D eigenvalue weighted by Crippen LogP contribution is -2.09. The zero-order chi connectivity index (χ0) is 23.3. The maximum absolute atomic E-state index is 12.2. The first-order chi connectivity index (χ1) is 15.4. The Morgan fingerprint density at radius 3 is 2.47 bits per heavy atom. The summed E-state index contributed by atoms with van der Waals surface area (Å²) in [7, 11) is 4.73. The van der Waals surface area contributed by atoms with Gasteiger partial charge in [-0.2, -0.15) is 0 Å². The topological polar surface area (TPSA) is 105 Å². The maximum Gasteiger partial charge on any atom is 0.347 e. The van der Waals surface area contributed by atoms with Crippen LogP contribution in [-0.4, -0.2) is 31.1 Å². The van der Waals surface area contributed by atoms with E-state index in [1.54, 1.807) is 57.1 Å². The summed E-state index contributed by atoms with van der Waals surface area (Å²) in [6.45, 7) is 0.00569. The molecule has 0 saturated carbocycles. The van der Waals surface area contributed by atoms with Crippen LogP contribution in [-0.2, 0) is 9.63 Å². The molecule has 3 rings (SSSR count). The van der Waals surface area contributed by atoms with Gasteiger partial charge >= 0.3 is 5.97 Å². The minimum atomic E-state index is -0.870. The highest BCUT2D eigenvalue weighted by molar-refractivity contribution is 7.80. The van der Waals surface area contributed by atoms with E-state index < -0.39 is 11.1 Å². The van der Waals surface area contributed by atoms with Gasteiger partial charge in [-0.15, -0.1) is 10.1 Å². The van der Waals surface area contributed by atoms with Gasteiger partial charge in [0.05, 0.1) is 13.7 Å². The third-order valence-corrected chi connectivity index (χ3v) is 6.71. The molecule has 0 aliphatic heterocycles. The van der Waals surface area contributed by atoms with Gasteiger partial charge in [-0.05, 0) is 54.4 Å². The molecule has 0 N–H and O–H groups in total. The summed E-state index contributed by atoms with van der Waals surface area (Å²) < 4.78 is 11.5. The molecule has 0 atom stereocenters. The largest absolute Gasteiger partial charge is 0.496 e. The summed E-state index contributed by atoms with van der Waals surface area (Å²) in [5, 5.41) is 8.59. The van der Waals surface area contributed by atoms with Crippen molar-refractivity contribution in [2.24, 2.45) is 0 Å². The third kappa shape index (κ3) is 8.17. The first kappa shape index (κ1) is 25.1. The highest BCUT2D eigenvalue weighted by atomic mass is 32.9. The van der Waals surface area contributed by atoms with Gasteiger partial charge in [0.1, 0.15) is 27.2 Å². The van der Waals surface area contributed by atoms with Crippen LogP contribution in [0.4, 0.5) is 0 Å². The van der Waals surface area contributed by atoms with Crippen LogP contribution in [0.3, 0.4) is 0 Å². The van der Waals surface area contributed by atoms with E-state index in [0.717, 1.165) is 14.3 Å². The Kier molecular flexibility index (Phi) is 10.4. The highest BCUT2D eigenvalue weighted by Gasteiger charge is 2.14. The van der Waals surface area contributed by atoms with Gasteiger partial charge in [-0.3, -0.25) is 0 Å². The van der Waals surface area contributed by atoms with Crippen molar-refractivity contribution in [2.75, 3.05) is 13.7 Å². The molecule has 0 bridgehead atoms. The molecule has 1 aromatic heterocycles. The molecule has 0 fully saturated rings. The lowest BCUT2D eigenvalue weighted by atomic mass is 10.2. The Balaban J connectivity index is 0.000000344. The lowest BCUT2D eigenvalue weighted by Gasteiger charge is -2.08. The zero-order valence-electron chi connectivity index (χ0n) is 16.9. The van der Waals surface area contributed by atoms with Crippen molar-refractivity contribution in [3.8, 4) is 21.9 Å². The summed E-state index contributed by atoms with van der Waals surface area (Å²) >= 11 is 5.14. The second-order valence-electron chi connectivity index (χ2n) is 5.97. The van der Waals surface area contributed by atoms with Crippen LogP contribution >= 0.6 is 32.9 Å². The van der Waals surface area contributed by atoms with Gasteiger partial charge < -0.3 is 19.1 Å². The second-order valence-corrected chi connectivity index (χ2v) is 8.89. The SMILES string of the molecule is COc1ccccc1C(=O)Oc1ccc(-c2cc(=S)ss2)cc1.O=CCCCO[N+](=O)[O-]. The Morgan fingerprint density at radius 2 is 1.88 bits per heavy atom. The van der Waals surface area contributed by atoms with Gasteiger partial charge in [0.2, 0.25) is 0 Å². The zero-order valence-corrected chi connectivity index (χ0v) is 19.4. The Bertz CT molecular complexity index is 1090. The fraction of sp³-hybridized carbons (Fsp3) is 0.190. The van der Waals surface area contributed by atoms with Crippen LogP contribution < -0.4 is 9.47 Å². The molecule has 0 aliphatic rings. The second kappa shape index (κ2) is 13.3. The molecule has 0 spiro atoms. The molecule has 0 unspecified atom stereocenters. The first-order valence-electron chi connectivity index (χ1n) is 9.21. The van der Waals surface area contributed by atoms with Gasteiger partial charge in [-0.1, -0.05) is 45.0 Å². The quantitative estimate of drug-likeness (QED) is 0.0554. The van der Waals surface area contributed by atoms with Crippen LogP contribution in [0.25, 0.3) is 10.4 Å². The van der Waals surface area contributed by atoms with Crippen molar-refractivity contribution in [2.45, 2.75) is 12.8 Å². The molecule has 3 aromatic rings. The van der Waals surface area contributed by atoms with Crippen LogP contribution in [0.5, 0.6) is 11.5 Å². The van der Waals surface area contributed by atoms with Crippen molar-refractivity contribution >= 4 is 45.2 Å². The van der Waals surface area contributed by atoms with Crippen molar-refractivity contribution in [1.29, 1.82) is 0 Å². The highest BCUT2D eigenvalue weighted by Crippen LogP contribution is 2.30. The van der Waals surface area contributed by atoms with Crippen molar-refractivity contribution in [3.05, 3.63) is 74.1 Å². The minimum Gasteiger partial charge on any atom is -0.496 e. The fourth-order valence-corrected chi connectivity index (χ4v) is 4.74. The maximum atomic E-state index is 12.2. The number of hydrogen-bond donors (Lipinski definition) is 0. The van der Waals surface area contributed by atoms with Gasteiger partial charge in [0, 0.05) is 11.3 Å². The minimum absolute atomic E-state index is 0.00569. The molecule has 2 aromatic carbocycles. The summed E-state index contributed by atoms with van der Waals surface area (Å²) in [6, 6.07) is 16.3. The first-order valence-corrected chi connectivity index (χ1v) is 11.8. The van der Waals surface area contributed by atoms with E-state index in [-0.39, 0.29) is 6.61 Å². The number of rotatable bonds is 9. The van der Waals surface area contributed by atoms with Crippen LogP contribution in [0.1, 0.15) is 23.2 Å². The number of ether oxygens (including phenoxy) is 2. The molecular weight excluding hydrogens is 474 g/mol. The molecular formula is C21H19NO7S3. The number of unbranched alkanes of at least 4 members (excludes halogenated alkanes) is 1. The molecule has 0 aliphatic carbocycles. The molecule has 11 heteroatoms. The number of hydrogen-bond acceptors (Lipinski definition) is 10. The summed E-state index contributed by atoms with van der Waals surface area (Å²) in [4.78, 5) is 36.3. The van der Waals surface area contributed by atoms with Crippen molar-refractivity contribution in [1.82, 2.24) is 0 Å². The van der Waals surface area contributed by atoms with E-state index in [9.17, 15) is 19.7 Å². The molecule has 0 saturated heterocycles. The summed E-state index contributed by atoms with van der Waals surface area (Å²) in [6.07, 6.45) is 1.42. The van der Waals surface area contributed by atoms with Crippen molar-refractivity contribution in [3.63, 3.8) is 0 Å². The number of nitrogens with zero attached hydrogens (tertiary/aromatic N) is 1. The van der Waals surface area contributed by atoms with E-state index in [1.807, 2.05) is 18.2 Å². The van der Waals surface area contributed by atoms with E-state index in [0.29, 0.717) is 36.2 Å². The van der Waals surface area contributed by atoms with Gasteiger partial charge in [0.25, 0.3) is 5.09 Å². The fourth-order valence-electron chi connectivity index (χ4n) is 2.34. The molecule has 1 heterocycles. The Morgan fingerprint density at radius 1 is 1.16 bits per heavy atom. The monoisotopic (exact) mass is 493 g/mol. The van der Waals surface area contributed by atoms with E-state index in [4.69, 9.17) is 21.7 Å². The summed E-state index contributed by atoms with van der Waals surface area (Å²) in [5.41, 5.74) is 1.45. The average molecular weight is 494 g/mol. The number of benzene rings is 2. The molecule has 168 valence electrons. The molecule has 32 heavy (non-hydrogen) atoms. The predicted molar refractivity (Wildman–Crippen MR) is 125 cm³/mol. The van der Waals surface area contributed by atoms with E-state index in [1.165, 1.54) is 7.11 Å². The molecule has 8 nitrogen and oxygen atoms in total. The number of methoxy groups -OCH3 is 1. The van der Waals surface area contributed by atoms with E-state index >= 15 is 0 Å². The predicted octanol–water partition coefficient (Wildman–Crippen LogP) is 5.61. The van der Waals surface area contributed by atoms with Gasteiger partial charge in [-0.25, -0.2) is 4.79 Å². The molecule has 0 amide bonds. The number of esters is 1. The number of para-hydroxylation sites is 1. The number of carbonyl (C=O) groups excluding carboxylic acids is 2. The van der Waals surface area contributed by atoms with E-state index in [2.05, 4.69) is 4.84 Å². The average Bonchev–Trinajstić information content (AvgIpc) is 3.23. The van der Waals surface area contributed by atoms with Gasteiger partial charge in [0.15, 0.2) is 0 Å². The van der Waals surface area contributed by atoms with Crippen LogP contribution in [0.15, 0.2) is 54.6 Å². The number of carbonyl (C=O) groups is 2. The normalized spacial score (nSPS) is 9.78. The number of aldehydes is 1. The van der Waals surface area contributed by atoms with Crippen LogP contribution in [0, 0.1) is 13.9 Å². The smallest absolute Gasteiger partial charge is 0.347 e. The summed E-state index contributed by atoms with van der Waals surface area (Å²) in [5.74, 6) is 0.539. The van der Waals surface area contributed by atoms with Crippen LogP contribution in [0.2, 0.25) is 0 Å². The Hall–Kier alpha value is -3.15. The third-order valence-electron chi connectivity index (χ3n) is 3.80. The Labute approximate surface area is 196 Å². The lowest BCUT2D eigenvalue weighted by molar-refractivity contribution is -0.757. The molecule has 0 radical (unpaired) electrons.